The van der Waals surface area contributed by atoms with Crippen LogP contribution in [0.2, 0.25) is 5.02 Å². The molecule has 314 valence electrons. The number of nitrogens with zero attached hydrogens (tertiary/aromatic N) is 4. The normalized spacial score (nSPS) is 24.6. The van der Waals surface area contributed by atoms with E-state index >= 15 is 9.59 Å². The Bertz CT molecular complexity index is 2670. The van der Waals surface area contributed by atoms with Gasteiger partial charge in [-0.25, -0.2) is 4.90 Å². The highest BCUT2D eigenvalue weighted by atomic mass is 35.5. The van der Waals surface area contributed by atoms with Gasteiger partial charge in [-0.2, -0.15) is 5.10 Å². The van der Waals surface area contributed by atoms with Crippen LogP contribution in [-0.2, 0) is 37.6 Å². The Morgan fingerprint density at radius 3 is 2.51 bits per heavy atom. The fraction of sp³-hybridized carbons (Fsp3) is 0.362. The summed E-state index contributed by atoms with van der Waals surface area (Å²) in [6.45, 7) is 4.23. The lowest BCUT2D eigenvalue weighted by molar-refractivity contribution is -0.141. The van der Waals surface area contributed by atoms with Gasteiger partial charge in [0.05, 0.1) is 28.0 Å². The standard InChI is InChI=1S/C47H45ClN4O8S/c1-25-32-20-27(48)13-18-37(32)61-42(25)35-23-38(50(3)49-35)52-44(57)34-22-33-29(16-17-31-40(33)45(58)51(43(31)56)19-9-5-8-12-39(54)55)41(47(34,2)46(52)59)30-15-14-28(21-36(30)53)60-24-26-10-6-4-7-11-26/h4,6-7,10-11,13-16,18,20-21,23,31,33-34,40-41,53H,5,8-9,12,17,19,22,24H2,1-3H3,(H,54,55). The van der Waals surface area contributed by atoms with Crippen LogP contribution in [-0.4, -0.2) is 61.0 Å². The Balaban J connectivity index is 1.09. The Labute approximate surface area is 361 Å². The molecule has 6 unspecified atom stereocenters. The highest BCUT2D eigenvalue weighted by molar-refractivity contribution is 7.22. The molecule has 2 aliphatic heterocycles. The number of carboxylic acid groups (broad SMARTS) is 1. The number of anilines is 1. The molecule has 4 aliphatic rings. The highest BCUT2D eigenvalue weighted by Gasteiger charge is 2.68. The summed E-state index contributed by atoms with van der Waals surface area (Å²) in [6.07, 6.45) is 3.87. The van der Waals surface area contributed by atoms with Crippen molar-refractivity contribution in [3.05, 3.63) is 106 Å². The van der Waals surface area contributed by atoms with Crippen LogP contribution in [0.5, 0.6) is 11.5 Å². The Kier molecular flexibility index (Phi) is 10.4. The number of benzene rings is 3. The molecule has 0 spiro atoms. The number of aromatic hydroxyl groups is 1. The average molecular weight is 861 g/mol. The second kappa shape index (κ2) is 15.6. The Morgan fingerprint density at radius 2 is 1.75 bits per heavy atom. The molecule has 0 bridgehead atoms. The van der Waals surface area contributed by atoms with Gasteiger partial charge in [-0.05, 0) is 86.2 Å². The summed E-state index contributed by atoms with van der Waals surface area (Å²) in [5.74, 6) is -5.40. The summed E-state index contributed by atoms with van der Waals surface area (Å²) in [4.78, 5) is 73.0. The first-order chi connectivity index (χ1) is 29.3. The van der Waals surface area contributed by atoms with Crippen molar-refractivity contribution >= 4 is 68.4 Å². The molecule has 0 radical (unpaired) electrons. The van der Waals surface area contributed by atoms with Crippen molar-refractivity contribution in [1.29, 1.82) is 0 Å². The number of imide groups is 2. The van der Waals surface area contributed by atoms with Crippen molar-refractivity contribution in [2.24, 2.45) is 36.1 Å². The van der Waals surface area contributed by atoms with E-state index in [1.54, 1.807) is 48.2 Å². The number of carboxylic acids is 1. The SMILES string of the molecule is Cc1c(-c2cc(N3C(=O)C4CC5C(=CCC6C(=O)N(CCCCCC(=O)O)C(=O)C65)C(c5ccc(OCc6ccccc6)cc5O)C4(C)C3=O)n(C)n2)sc2ccc(Cl)cc12. The Hall–Kier alpha value is -5.79. The van der Waals surface area contributed by atoms with Gasteiger partial charge in [0, 0.05) is 53.3 Å². The first kappa shape index (κ1) is 40.6. The topological polar surface area (TPSA) is 159 Å². The van der Waals surface area contributed by atoms with E-state index < -0.39 is 52.8 Å². The van der Waals surface area contributed by atoms with E-state index in [9.17, 15) is 19.5 Å². The number of aryl methyl sites for hydroxylation is 2. The van der Waals surface area contributed by atoms with Crippen LogP contribution in [0.15, 0.2) is 84.4 Å². The largest absolute Gasteiger partial charge is 0.508 e. The summed E-state index contributed by atoms with van der Waals surface area (Å²) in [5.41, 5.74) is 2.32. The van der Waals surface area contributed by atoms with Gasteiger partial charge < -0.3 is 14.9 Å². The molecule has 14 heteroatoms. The summed E-state index contributed by atoms with van der Waals surface area (Å²) < 4.78 is 8.62. The van der Waals surface area contributed by atoms with E-state index in [0.717, 1.165) is 31.7 Å². The number of carbonyl (C=O) groups excluding carboxylic acids is 4. The van der Waals surface area contributed by atoms with Crippen LogP contribution in [0.4, 0.5) is 5.82 Å². The van der Waals surface area contributed by atoms with Crippen LogP contribution in [0.25, 0.3) is 20.7 Å². The van der Waals surface area contributed by atoms with Gasteiger partial charge in [0.15, 0.2) is 0 Å². The van der Waals surface area contributed by atoms with Gasteiger partial charge >= 0.3 is 5.97 Å². The van der Waals surface area contributed by atoms with E-state index in [-0.39, 0.29) is 50.0 Å². The predicted molar refractivity (Wildman–Crippen MR) is 230 cm³/mol. The van der Waals surface area contributed by atoms with Gasteiger partial charge in [0.2, 0.25) is 23.6 Å². The lowest BCUT2D eigenvalue weighted by atomic mass is 9.51. The molecule has 4 amide bonds. The maximum Gasteiger partial charge on any atom is 0.303 e. The molecule has 12 nitrogen and oxygen atoms in total. The number of ether oxygens (including phenoxy) is 1. The summed E-state index contributed by atoms with van der Waals surface area (Å²) >= 11 is 7.89. The van der Waals surface area contributed by atoms with Crippen molar-refractivity contribution in [1.82, 2.24) is 14.7 Å². The highest BCUT2D eigenvalue weighted by Crippen LogP contribution is 2.64. The second-order valence-corrected chi connectivity index (χ2v) is 18.4. The summed E-state index contributed by atoms with van der Waals surface area (Å²) in [5, 5.41) is 27.4. The molecule has 61 heavy (non-hydrogen) atoms. The Morgan fingerprint density at radius 1 is 0.967 bits per heavy atom. The van der Waals surface area contributed by atoms with Gasteiger partial charge in [-0.3, -0.25) is 33.6 Å². The monoisotopic (exact) mass is 860 g/mol. The third-order valence-corrected chi connectivity index (χ3v) is 14.9. The molecular weight excluding hydrogens is 816 g/mol. The molecule has 2 aromatic heterocycles. The van der Waals surface area contributed by atoms with Crippen molar-refractivity contribution in [2.45, 2.75) is 64.9 Å². The number of aromatic nitrogens is 2. The van der Waals surface area contributed by atoms with Gasteiger partial charge in [-0.15, -0.1) is 11.3 Å². The number of fused-ring (bicyclic) bond motifs is 5. The maximum atomic E-state index is 15.3. The number of hydrogen-bond donors (Lipinski definition) is 2. The number of phenolic OH excluding ortho intramolecular Hbond substituents is 1. The summed E-state index contributed by atoms with van der Waals surface area (Å²) in [6, 6.07) is 22.1. The zero-order valence-electron chi connectivity index (χ0n) is 34.0. The van der Waals surface area contributed by atoms with Gasteiger partial charge in [-0.1, -0.05) is 66.1 Å². The van der Waals surface area contributed by atoms with Crippen molar-refractivity contribution in [3.63, 3.8) is 0 Å². The lowest BCUT2D eigenvalue weighted by Gasteiger charge is -2.49. The van der Waals surface area contributed by atoms with Crippen molar-refractivity contribution in [3.8, 4) is 22.1 Å². The van der Waals surface area contributed by atoms with Crippen molar-refractivity contribution in [2.75, 3.05) is 11.4 Å². The molecule has 9 rings (SSSR count). The number of allylic oxidation sites excluding steroid dienone is 2. The number of amides is 4. The fourth-order valence-electron chi connectivity index (χ4n) is 10.4. The van der Waals surface area contributed by atoms with Crippen LogP contribution >= 0.6 is 22.9 Å². The van der Waals surface area contributed by atoms with Gasteiger partial charge in [0.25, 0.3) is 0 Å². The number of hydrogen-bond acceptors (Lipinski definition) is 9. The minimum absolute atomic E-state index is 0.0149. The summed E-state index contributed by atoms with van der Waals surface area (Å²) in [7, 11) is 1.70. The molecule has 5 aromatic rings. The smallest absolute Gasteiger partial charge is 0.303 e. The van der Waals surface area contributed by atoms with Gasteiger partial charge in [0.1, 0.15) is 29.6 Å². The van der Waals surface area contributed by atoms with Crippen molar-refractivity contribution < 1.29 is 38.9 Å². The molecule has 3 aromatic carbocycles. The minimum atomic E-state index is -1.39. The van der Waals surface area contributed by atoms with E-state index in [1.165, 1.54) is 15.9 Å². The number of unbranched alkanes of at least 4 members (excludes halogenated alkanes) is 2. The quantitative estimate of drug-likeness (QED) is 0.0714. The average Bonchev–Trinajstić information content (AvgIpc) is 3.91. The molecule has 4 heterocycles. The third kappa shape index (κ3) is 6.73. The van der Waals surface area contributed by atoms with Crippen LogP contribution in [0, 0.1) is 36.0 Å². The molecule has 3 fully saturated rings. The molecule has 2 aliphatic carbocycles. The zero-order valence-corrected chi connectivity index (χ0v) is 35.5. The first-order valence-electron chi connectivity index (χ1n) is 20.7. The fourth-order valence-corrected chi connectivity index (χ4v) is 11.7. The number of halogens is 1. The number of likely N-dealkylation sites (tertiary alicyclic amines) is 1. The number of phenols is 1. The lowest BCUT2D eigenvalue weighted by Crippen LogP contribution is -2.49. The number of carbonyl (C=O) groups is 5. The molecular formula is C47H45ClN4O8S. The van der Waals surface area contributed by atoms with Crippen LogP contribution in [0.3, 0.4) is 0 Å². The number of aliphatic carboxylic acids is 1. The zero-order chi connectivity index (χ0) is 42.9. The first-order valence-corrected chi connectivity index (χ1v) is 21.8. The molecule has 2 saturated heterocycles. The molecule has 2 N–H and O–H groups in total. The molecule has 6 atom stereocenters. The van der Waals surface area contributed by atoms with Crippen LogP contribution in [0.1, 0.15) is 68.1 Å². The third-order valence-electron chi connectivity index (χ3n) is 13.4. The minimum Gasteiger partial charge on any atom is -0.508 e. The van der Waals surface area contributed by atoms with E-state index in [4.69, 9.17) is 26.5 Å². The second-order valence-electron chi connectivity index (χ2n) is 16.9. The molecule has 1 saturated carbocycles. The predicted octanol–water partition coefficient (Wildman–Crippen LogP) is 8.42. The van der Waals surface area contributed by atoms with E-state index in [1.807, 2.05) is 61.5 Å². The van der Waals surface area contributed by atoms with Crippen LogP contribution < -0.4 is 9.64 Å². The van der Waals surface area contributed by atoms with E-state index in [0.29, 0.717) is 47.1 Å². The number of rotatable bonds is 12. The maximum absolute atomic E-state index is 15.3. The van der Waals surface area contributed by atoms with E-state index in [2.05, 4.69) is 0 Å². The number of thiophene rings is 1.